The number of rotatable bonds is 4. The second-order valence-corrected chi connectivity index (χ2v) is 4.87. The number of hydrogen-bond acceptors (Lipinski definition) is 5. The molecule has 0 spiro atoms. The van der Waals surface area contributed by atoms with Gasteiger partial charge in [-0.2, -0.15) is 0 Å². The minimum absolute atomic E-state index is 0.417. The second kappa shape index (κ2) is 6.94. The van der Waals surface area contributed by atoms with Gasteiger partial charge < -0.3 is 25.0 Å². The molecule has 0 saturated carbocycles. The summed E-state index contributed by atoms with van der Waals surface area (Å²) in [4.78, 5) is 25.3. The molecule has 2 N–H and O–H groups in total. The number of fused-ring (bicyclic) bond motifs is 1. The van der Waals surface area contributed by atoms with E-state index in [2.05, 4.69) is 10.6 Å². The van der Waals surface area contributed by atoms with Crippen LogP contribution in [0, 0.1) is 0 Å². The number of anilines is 1. The fourth-order valence-electron chi connectivity index (χ4n) is 1.78. The molecule has 114 valence electrons. The number of carbonyl (C=O) groups excluding carboxylic acids is 2. The summed E-state index contributed by atoms with van der Waals surface area (Å²) in [6.07, 6.45) is 0. The van der Waals surface area contributed by atoms with Gasteiger partial charge in [0.1, 0.15) is 13.2 Å². The predicted octanol–water partition coefficient (Wildman–Crippen LogP) is 0.0741. The summed E-state index contributed by atoms with van der Waals surface area (Å²) in [5.74, 6) is -0.168. The summed E-state index contributed by atoms with van der Waals surface area (Å²) in [6, 6.07) is 5.01. The summed E-state index contributed by atoms with van der Waals surface area (Å²) in [7, 11) is 3.78. The van der Waals surface area contributed by atoms with Crippen molar-refractivity contribution in [1.29, 1.82) is 0 Å². The van der Waals surface area contributed by atoms with Crippen LogP contribution in [-0.2, 0) is 9.59 Å². The predicted molar refractivity (Wildman–Crippen MR) is 77.6 cm³/mol. The lowest BCUT2D eigenvalue weighted by Gasteiger charge is -2.19. The first-order valence-electron chi connectivity index (χ1n) is 6.70. The van der Waals surface area contributed by atoms with Gasteiger partial charge in [0.2, 0.25) is 0 Å². The fraction of sp³-hybridized carbons (Fsp3) is 0.429. The van der Waals surface area contributed by atoms with Gasteiger partial charge >= 0.3 is 11.8 Å². The summed E-state index contributed by atoms with van der Waals surface area (Å²) in [5.41, 5.74) is 0.493. The van der Waals surface area contributed by atoms with E-state index in [1.54, 1.807) is 18.2 Å². The minimum atomic E-state index is -0.703. The van der Waals surface area contributed by atoms with Crippen molar-refractivity contribution in [1.82, 2.24) is 10.2 Å². The number of nitrogens with one attached hydrogen (secondary N) is 2. The number of ether oxygens (including phenoxy) is 2. The fourth-order valence-corrected chi connectivity index (χ4v) is 1.78. The lowest BCUT2D eigenvalue weighted by atomic mass is 10.2. The smallest absolute Gasteiger partial charge is 0.313 e. The average molecular weight is 293 g/mol. The van der Waals surface area contributed by atoms with Crippen LogP contribution in [0.15, 0.2) is 18.2 Å². The van der Waals surface area contributed by atoms with E-state index in [4.69, 9.17) is 9.47 Å². The van der Waals surface area contributed by atoms with Crippen molar-refractivity contribution in [3.05, 3.63) is 18.2 Å². The molecule has 0 bridgehead atoms. The third-order valence-corrected chi connectivity index (χ3v) is 2.85. The van der Waals surface area contributed by atoms with Crippen LogP contribution >= 0.6 is 0 Å². The van der Waals surface area contributed by atoms with Crippen LogP contribution in [0.5, 0.6) is 11.5 Å². The Morgan fingerprint density at radius 1 is 1.14 bits per heavy atom. The van der Waals surface area contributed by atoms with E-state index in [0.29, 0.717) is 43.5 Å². The van der Waals surface area contributed by atoms with Crippen LogP contribution < -0.4 is 20.1 Å². The van der Waals surface area contributed by atoms with E-state index in [9.17, 15) is 9.59 Å². The SMILES string of the molecule is CN(C)CCNC(=O)C(=O)Nc1ccc2c(c1)OCCO2. The third kappa shape index (κ3) is 4.35. The van der Waals surface area contributed by atoms with Crippen molar-refractivity contribution in [3.8, 4) is 11.5 Å². The highest BCUT2D eigenvalue weighted by Crippen LogP contribution is 2.32. The Hall–Kier alpha value is -2.28. The van der Waals surface area contributed by atoms with Crippen molar-refractivity contribution in [2.75, 3.05) is 45.7 Å². The highest BCUT2D eigenvalue weighted by Gasteiger charge is 2.16. The van der Waals surface area contributed by atoms with Crippen molar-refractivity contribution in [3.63, 3.8) is 0 Å². The Morgan fingerprint density at radius 2 is 1.86 bits per heavy atom. The zero-order valence-electron chi connectivity index (χ0n) is 12.1. The largest absolute Gasteiger partial charge is 0.486 e. The molecule has 0 radical (unpaired) electrons. The number of nitrogens with zero attached hydrogens (tertiary/aromatic N) is 1. The Kier molecular flexibility index (Phi) is 4.99. The molecular weight excluding hydrogens is 274 g/mol. The maximum absolute atomic E-state index is 11.7. The van der Waals surface area contributed by atoms with E-state index >= 15 is 0 Å². The van der Waals surface area contributed by atoms with Gasteiger partial charge in [-0.3, -0.25) is 9.59 Å². The molecular formula is C14H19N3O4. The summed E-state index contributed by atoms with van der Waals surface area (Å²) in [5, 5.41) is 5.08. The first-order chi connectivity index (χ1) is 10.1. The molecule has 2 rings (SSSR count). The highest BCUT2D eigenvalue weighted by atomic mass is 16.6. The minimum Gasteiger partial charge on any atom is -0.486 e. The van der Waals surface area contributed by atoms with Gasteiger partial charge in [0.25, 0.3) is 0 Å². The molecule has 21 heavy (non-hydrogen) atoms. The Morgan fingerprint density at radius 3 is 2.57 bits per heavy atom. The van der Waals surface area contributed by atoms with Gasteiger partial charge in [-0.25, -0.2) is 0 Å². The van der Waals surface area contributed by atoms with Crippen molar-refractivity contribution < 1.29 is 19.1 Å². The number of amides is 2. The first kappa shape index (κ1) is 15.1. The van der Waals surface area contributed by atoms with Gasteiger partial charge in [0, 0.05) is 24.8 Å². The number of benzene rings is 1. The van der Waals surface area contributed by atoms with Crippen LogP contribution in [0.25, 0.3) is 0 Å². The normalized spacial score (nSPS) is 12.9. The summed E-state index contributed by atoms with van der Waals surface area (Å²) < 4.78 is 10.8. The number of hydrogen-bond donors (Lipinski definition) is 2. The monoisotopic (exact) mass is 293 g/mol. The van der Waals surface area contributed by atoms with Gasteiger partial charge in [0.05, 0.1) is 0 Å². The third-order valence-electron chi connectivity index (χ3n) is 2.85. The van der Waals surface area contributed by atoms with E-state index in [0.717, 1.165) is 0 Å². The van der Waals surface area contributed by atoms with Crippen LogP contribution in [0.1, 0.15) is 0 Å². The zero-order chi connectivity index (χ0) is 15.2. The average Bonchev–Trinajstić information content (AvgIpc) is 2.46. The van der Waals surface area contributed by atoms with E-state index in [1.165, 1.54) is 0 Å². The number of likely N-dealkylation sites (N-methyl/N-ethyl adjacent to an activating group) is 1. The Bertz CT molecular complexity index is 531. The quantitative estimate of drug-likeness (QED) is 0.768. The second-order valence-electron chi connectivity index (χ2n) is 4.87. The van der Waals surface area contributed by atoms with Crippen LogP contribution in [0.3, 0.4) is 0 Å². The van der Waals surface area contributed by atoms with Crippen LogP contribution in [0.4, 0.5) is 5.69 Å². The molecule has 0 atom stereocenters. The summed E-state index contributed by atoms with van der Waals surface area (Å²) in [6.45, 7) is 2.06. The van der Waals surface area contributed by atoms with Crippen molar-refractivity contribution in [2.24, 2.45) is 0 Å². The number of carbonyl (C=O) groups is 2. The van der Waals surface area contributed by atoms with E-state index < -0.39 is 11.8 Å². The molecule has 2 amide bonds. The first-order valence-corrected chi connectivity index (χ1v) is 6.70. The van der Waals surface area contributed by atoms with Crippen LogP contribution in [0.2, 0.25) is 0 Å². The standard InChI is InChI=1S/C14H19N3O4/c1-17(2)6-5-15-13(18)14(19)16-10-3-4-11-12(9-10)21-8-7-20-11/h3-4,9H,5-8H2,1-2H3,(H,15,18)(H,16,19). The van der Waals surface area contributed by atoms with Crippen molar-refractivity contribution >= 4 is 17.5 Å². The lowest BCUT2D eigenvalue weighted by Crippen LogP contribution is -2.38. The molecule has 0 fully saturated rings. The molecule has 1 aliphatic rings. The molecule has 0 saturated heterocycles. The Balaban J connectivity index is 1.88. The summed E-state index contributed by atoms with van der Waals surface area (Å²) >= 11 is 0. The maximum Gasteiger partial charge on any atom is 0.313 e. The molecule has 1 aromatic carbocycles. The molecule has 0 unspecified atom stereocenters. The Labute approximate surface area is 123 Å². The molecule has 0 aliphatic carbocycles. The van der Waals surface area contributed by atoms with Gasteiger partial charge in [-0.05, 0) is 26.2 Å². The molecule has 7 heteroatoms. The lowest BCUT2D eigenvalue weighted by molar-refractivity contribution is -0.136. The molecule has 0 aromatic heterocycles. The van der Waals surface area contributed by atoms with Crippen molar-refractivity contribution in [2.45, 2.75) is 0 Å². The van der Waals surface area contributed by atoms with Gasteiger partial charge in [0.15, 0.2) is 11.5 Å². The molecule has 1 aromatic rings. The topological polar surface area (TPSA) is 79.9 Å². The van der Waals surface area contributed by atoms with Gasteiger partial charge in [-0.1, -0.05) is 0 Å². The maximum atomic E-state index is 11.7. The molecule has 7 nitrogen and oxygen atoms in total. The van der Waals surface area contributed by atoms with Gasteiger partial charge in [-0.15, -0.1) is 0 Å². The molecule has 1 aliphatic heterocycles. The highest BCUT2D eigenvalue weighted by molar-refractivity contribution is 6.39. The van der Waals surface area contributed by atoms with E-state index in [1.807, 2.05) is 19.0 Å². The molecule has 1 heterocycles. The van der Waals surface area contributed by atoms with Crippen LogP contribution in [-0.4, -0.2) is 57.1 Å². The zero-order valence-corrected chi connectivity index (χ0v) is 12.1. The van der Waals surface area contributed by atoms with E-state index in [-0.39, 0.29) is 0 Å².